The molecule has 19 nitrogen and oxygen atoms in total. The van der Waals surface area contributed by atoms with Gasteiger partial charge in [-0.25, -0.2) is 0 Å². The minimum Gasteiger partial charge on any atom is -0.480 e. The second-order valence-electron chi connectivity index (χ2n) is 10.9. The van der Waals surface area contributed by atoms with E-state index in [1.165, 1.54) is 0 Å². The summed E-state index contributed by atoms with van der Waals surface area (Å²) in [7, 11) is 0. The lowest BCUT2D eigenvalue weighted by Crippen LogP contribution is -2.50. The Balaban J connectivity index is 3.91. The largest absolute Gasteiger partial charge is 0.480 e. The molecule has 0 fully saturated rings. The molecular weight excluding hydrogens is 686 g/mol. The summed E-state index contributed by atoms with van der Waals surface area (Å²) in [4.78, 5) is 93.9. The SMILES string of the molecule is N[C@@H](CCC(=O)N[C@@H](CS)C(=O)NCC(=O)NCCCCCNCCCNC(=O)CNC(=O)[C@H](CS)NC(=O)CC[C@H](N)C(=O)O)C(=O)O. The molecule has 0 unspecified atom stereocenters. The number of hydrogen-bond donors (Lipinski definition) is 13. The lowest BCUT2D eigenvalue weighted by molar-refractivity contribution is -0.140. The summed E-state index contributed by atoms with van der Waals surface area (Å²) in [6.45, 7) is 1.59. The third-order valence-electron chi connectivity index (χ3n) is 6.72. The predicted octanol–water partition coefficient (Wildman–Crippen LogP) is -4.19. The fraction of sp³-hybridized carbons (Fsp3) is 0.714. The van der Waals surface area contributed by atoms with E-state index >= 15 is 0 Å². The molecule has 21 heteroatoms. The number of thiol groups is 2. The zero-order chi connectivity index (χ0) is 37.2. The average molecular weight is 738 g/mol. The van der Waals surface area contributed by atoms with Gasteiger partial charge in [0, 0.05) is 37.4 Å². The third-order valence-corrected chi connectivity index (χ3v) is 7.45. The summed E-state index contributed by atoms with van der Waals surface area (Å²) < 4.78 is 0. The van der Waals surface area contributed by atoms with Crippen LogP contribution < -0.4 is 48.7 Å². The van der Waals surface area contributed by atoms with Crippen LogP contribution in [0, 0.1) is 0 Å². The van der Waals surface area contributed by atoms with Crippen LogP contribution in [0.4, 0.5) is 0 Å². The van der Waals surface area contributed by atoms with Crippen LogP contribution in [0.15, 0.2) is 0 Å². The molecule has 0 radical (unpaired) electrons. The van der Waals surface area contributed by atoms with Crippen LogP contribution in [-0.4, -0.2) is 133 Å². The van der Waals surface area contributed by atoms with Gasteiger partial charge in [0.05, 0.1) is 13.1 Å². The fourth-order valence-electron chi connectivity index (χ4n) is 3.79. The van der Waals surface area contributed by atoms with Gasteiger partial charge in [0.1, 0.15) is 24.2 Å². The van der Waals surface area contributed by atoms with Crippen molar-refractivity contribution in [3.8, 4) is 0 Å². The van der Waals surface area contributed by atoms with Crippen LogP contribution in [0.5, 0.6) is 0 Å². The molecule has 0 rings (SSSR count). The summed E-state index contributed by atoms with van der Waals surface area (Å²) in [6, 6.07) is -4.37. The number of unbranched alkanes of at least 4 members (excludes halogenated alkanes) is 2. The maximum atomic E-state index is 12.3. The van der Waals surface area contributed by atoms with Gasteiger partial charge in [-0.1, -0.05) is 6.42 Å². The Kier molecular flexibility index (Phi) is 25.2. The molecular formula is C28H51N9O10S2. The molecule has 0 aromatic carbocycles. The lowest BCUT2D eigenvalue weighted by Gasteiger charge is -2.17. The van der Waals surface area contributed by atoms with Crippen LogP contribution in [0.25, 0.3) is 0 Å². The topological polar surface area (TPSA) is 313 Å². The average Bonchev–Trinajstić information content (AvgIpc) is 3.07. The van der Waals surface area contributed by atoms with Crippen molar-refractivity contribution in [2.24, 2.45) is 11.5 Å². The number of amides is 6. The molecule has 280 valence electrons. The van der Waals surface area contributed by atoms with Crippen molar-refractivity contribution in [1.29, 1.82) is 0 Å². The fourth-order valence-corrected chi connectivity index (χ4v) is 4.31. The second kappa shape index (κ2) is 27.2. The van der Waals surface area contributed by atoms with Gasteiger partial charge in [-0.3, -0.25) is 38.4 Å². The van der Waals surface area contributed by atoms with Crippen molar-refractivity contribution in [3.63, 3.8) is 0 Å². The molecule has 0 aromatic rings. The lowest BCUT2D eigenvalue weighted by atomic mass is 10.1. The first-order valence-electron chi connectivity index (χ1n) is 15.8. The monoisotopic (exact) mass is 737 g/mol. The van der Waals surface area contributed by atoms with E-state index in [1.807, 2.05) is 0 Å². The van der Waals surface area contributed by atoms with E-state index in [2.05, 4.69) is 62.5 Å². The molecule has 0 aromatic heterocycles. The third kappa shape index (κ3) is 23.4. The number of carbonyl (C=O) groups excluding carboxylic acids is 6. The van der Waals surface area contributed by atoms with E-state index in [0.717, 1.165) is 19.4 Å². The van der Waals surface area contributed by atoms with Gasteiger partial charge in [0.2, 0.25) is 35.4 Å². The zero-order valence-corrected chi connectivity index (χ0v) is 29.1. The zero-order valence-electron chi connectivity index (χ0n) is 27.3. The minimum absolute atomic E-state index is 0.0222. The number of nitrogens with one attached hydrogen (secondary N) is 7. The Hall–Kier alpha value is -3.66. The van der Waals surface area contributed by atoms with Crippen molar-refractivity contribution in [1.82, 2.24) is 37.2 Å². The standard InChI is InChI=1S/C28H51N9O10S2/c29-17(27(44)45)5-7-21(38)36-19(15-48)25(42)34-13-23(40)32-11-3-1-2-9-31-10-4-12-33-24(41)14-35-26(43)20(16-49)37-22(39)8-6-18(30)28(46)47/h17-20,31,48-49H,1-16,29-30H2,(H,32,40)(H,33,41)(H,34,42)(H,35,43)(H,36,38)(H,37,39)(H,44,45)(H,46,47)/t17-,18-,19-,20-/m0/s1. The van der Waals surface area contributed by atoms with Gasteiger partial charge in [0.15, 0.2) is 0 Å². The highest BCUT2D eigenvalue weighted by Gasteiger charge is 2.22. The highest BCUT2D eigenvalue weighted by atomic mass is 32.1. The molecule has 0 aliphatic carbocycles. The van der Waals surface area contributed by atoms with E-state index in [9.17, 15) is 38.4 Å². The number of carbonyl (C=O) groups is 8. The maximum absolute atomic E-state index is 12.3. The summed E-state index contributed by atoms with van der Waals surface area (Å²) in [5.74, 6) is -5.62. The highest BCUT2D eigenvalue weighted by Crippen LogP contribution is 1.99. The van der Waals surface area contributed by atoms with Crippen molar-refractivity contribution in [2.75, 3.05) is 50.8 Å². The van der Waals surface area contributed by atoms with E-state index in [4.69, 9.17) is 21.7 Å². The Morgan fingerprint density at radius 3 is 1.33 bits per heavy atom. The van der Waals surface area contributed by atoms with Crippen molar-refractivity contribution in [2.45, 2.75) is 75.5 Å². The summed E-state index contributed by atoms with van der Waals surface area (Å²) in [5.41, 5.74) is 10.7. The first-order chi connectivity index (χ1) is 23.2. The maximum Gasteiger partial charge on any atom is 0.320 e. The minimum atomic E-state index is -1.23. The molecule has 0 aliphatic heterocycles. The van der Waals surface area contributed by atoms with Gasteiger partial charge < -0.3 is 58.9 Å². The molecule has 0 spiro atoms. The van der Waals surface area contributed by atoms with Crippen LogP contribution in [0.1, 0.15) is 51.4 Å². The smallest absolute Gasteiger partial charge is 0.320 e. The molecule has 13 N–H and O–H groups in total. The normalized spacial score (nSPS) is 13.1. The Morgan fingerprint density at radius 1 is 0.531 bits per heavy atom. The summed E-state index contributed by atoms with van der Waals surface area (Å²) in [6.07, 6.45) is 2.51. The molecule has 4 atom stereocenters. The number of hydrogen-bond acceptors (Lipinski definition) is 13. The summed E-state index contributed by atoms with van der Waals surface area (Å²) in [5, 5.41) is 35.8. The van der Waals surface area contributed by atoms with E-state index in [0.29, 0.717) is 32.5 Å². The van der Waals surface area contributed by atoms with Crippen LogP contribution in [-0.2, 0) is 38.4 Å². The van der Waals surface area contributed by atoms with Gasteiger partial charge in [0.25, 0.3) is 0 Å². The Morgan fingerprint density at radius 2 is 0.918 bits per heavy atom. The Bertz CT molecular complexity index is 1020. The molecule has 0 bridgehead atoms. The van der Waals surface area contributed by atoms with Crippen LogP contribution in [0.2, 0.25) is 0 Å². The van der Waals surface area contributed by atoms with Crippen molar-refractivity contribution < 1.29 is 48.6 Å². The molecule has 0 saturated carbocycles. The van der Waals surface area contributed by atoms with E-state index in [1.54, 1.807) is 0 Å². The second-order valence-corrected chi connectivity index (χ2v) is 11.6. The number of carboxylic acids is 2. The predicted molar refractivity (Wildman–Crippen MR) is 185 cm³/mol. The quantitative estimate of drug-likeness (QED) is 0.0268. The molecule has 49 heavy (non-hydrogen) atoms. The van der Waals surface area contributed by atoms with Crippen LogP contribution >= 0.6 is 25.3 Å². The van der Waals surface area contributed by atoms with Crippen molar-refractivity contribution in [3.05, 3.63) is 0 Å². The number of aliphatic carboxylic acids is 2. The van der Waals surface area contributed by atoms with Gasteiger partial charge in [-0.05, 0) is 45.2 Å². The van der Waals surface area contributed by atoms with Gasteiger partial charge in [-0.15, -0.1) is 0 Å². The first kappa shape index (κ1) is 45.3. The van der Waals surface area contributed by atoms with Crippen molar-refractivity contribution >= 4 is 72.6 Å². The first-order valence-corrected chi connectivity index (χ1v) is 17.0. The number of nitrogens with two attached hydrogens (primary N) is 2. The van der Waals surface area contributed by atoms with Gasteiger partial charge >= 0.3 is 11.9 Å². The molecule has 0 saturated heterocycles. The Labute approximate surface area is 295 Å². The number of carboxylic acid groups (broad SMARTS) is 2. The molecule has 0 heterocycles. The highest BCUT2D eigenvalue weighted by molar-refractivity contribution is 7.80. The van der Waals surface area contributed by atoms with E-state index in [-0.39, 0.29) is 50.3 Å². The van der Waals surface area contributed by atoms with E-state index < -0.39 is 71.5 Å². The molecule has 0 aliphatic rings. The van der Waals surface area contributed by atoms with Crippen LogP contribution in [0.3, 0.4) is 0 Å². The molecule has 6 amide bonds. The van der Waals surface area contributed by atoms with Gasteiger partial charge in [-0.2, -0.15) is 25.3 Å². The number of rotatable bonds is 28. The summed E-state index contributed by atoms with van der Waals surface area (Å²) >= 11 is 8.06.